The predicted octanol–water partition coefficient (Wildman–Crippen LogP) is 1.49. The third kappa shape index (κ3) is 2.87. The molecular formula is C11H17BrN2O2. The van der Waals surface area contributed by atoms with Gasteiger partial charge in [0.1, 0.15) is 0 Å². The molecule has 0 fully saturated rings. The number of nitrogens with one attached hydrogen (secondary N) is 1. The second kappa shape index (κ2) is 5.03. The van der Waals surface area contributed by atoms with Crippen LogP contribution in [0.5, 0.6) is 0 Å². The number of anilines is 2. The van der Waals surface area contributed by atoms with Gasteiger partial charge in [0, 0.05) is 15.8 Å². The first-order chi connectivity index (χ1) is 7.41. The molecule has 0 unspecified atom stereocenters. The Hall–Kier alpha value is -0.780. The van der Waals surface area contributed by atoms with Gasteiger partial charge < -0.3 is 21.3 Å². The summed E-state index contributed by atoms with van der Waals surface area (Å²) in [5.74, 6) is 0. The van der Waals surface area contributed by atoms with Gasteiger partial charge in [-0.05, 0) is 47.5 Å². The fourth-order valence-electron chi connectivity index (χ4n) is 1.25. The van der Waals surface area contributed by atoms with Crippen molar-refractivity contribution in [1.82, 2.24) is 0 Å². The van der Waals surface area contributed by atoms with E-state index >= 15 is 0 Å². The standard InChI is InChI=1S/C11H17BrN2O2/c1-7-3-10(8(12)4-9(7)13)14-11(2,5-15)6-16/h3-4,14-16H,5-6,13H2,1-2H3. The highest BCUT2D eigenvalue weighted by atomic mass is 79.9. The van der Waals surface area contributed by atoms with Crippen molar-refractivity contribution in [2.24, 2.45) is 0 Å². The Morgan fingerprint density at radius 2 is 1.94 bits per heavy atom. The summed E-state index contributed by atoms with van der Waals surface area (Å²) >= 11 is 3.39. The lowest BCUT2D eigenvalue weighted by Crippen LogP contribution is -2.42. The van der Waals surface area contributed by atoms with E-state index in [1.165, 1.54) is 0 Å². The molecule has 1 aromatic carbocycles. The molecule has 0 aliphatic rings. The molecular weight excluding hydrogens is 272 g/mol. The summed E-state index contributed by atoms with van der Waals surface area (Å²) in [5.41, 5.74) is 7.47. The molecule has 0 atom stereocenters. The van der Waals surface area contributed by atoms with Crippen LogP contribution in [0.15, 0.2) is 16.6 Å². The molecule has 0 bridgehead atoms. The van der Waals surface area contributed by atoms with Gasteiger partial charge in [-0.2, -0.15) is 0 Å². The maximum absolute atomic E-state index is 9.20. The first kappa shape index (κ1) is 13.3. The van der Waals surface area contributed by atoms with Crippen molar-refractivity contribution >= 4 is 27.3 Å². The van der Waals surface area contributed by atoms with Crippen molar-refractivity contribution in [2.45, 2.75) is 19.4 Å². The largest absolute Gasteiger partial charge is 0.398 e. The van der Waals surface area contributed by atoms with Crippen molar-refractivity contribution in [3.63, 3.8) is 0 Å². The first-order valence-corrected chi connectivity index (χ1v) is 5.76. The second-order valence-corrected chi connectivity index (χ2v) is 5.04. The molecule has 0 aliphatic carbocycles. The van der Waals surface area contributed by atoms with E-state index in [1.807, 2.05) is 13.0 Å². The van der Waals surface area contributed by atoms with Gasteiger partial charge in [-0.3, -0.25) is 0 Å². The summed E-state index contributed by atoms with van der Waals surface area (Å²) in [6, 6.07) is 3.68. The third-order valence-corrected chi connectivity index (χ3v) is 3.15. The minimum Gasteiger partial charge on any atom is -0.398 e. The Morgan fingerprint density at radius 3 is 2.44 bits per heavy atom. The zero-order valence-corrected chi connectivity index (χ0v) is 11.0. The van der Waals surface area contributed by atoms with E-state index in [9.17, 15) is 10.2 Å². The fraction of sp³-hybridized carbons (Fsp3) is 0.455. The number of aryl methyl sites for hydroxylation is 1. The molecule has 1 rings (SSSR count). The molecule has 4 nitrogen and oxygen atoms in total. The Bertz CT molecular complexity index is 378. The van der Waals surface area contributed by atoms with Crippen LogP contribution in [0.1, 0.15) is 12.5 Å². The minimum absolute atomic E-state index is 0.153. The van der Waals surface area contributed by atoms with E-state index in [0.717, 1.165) is 15.7 Å². The van der Waals surface area contributed by atoms with Crippen LogP contribution in [-0.4, -0.2) is 29.0 Å². The summed E-state index contributed by atoms with van der Waals surface area (Å²) in [7, 11) is 0. The number of nitrogens with two attached hydrogens (primary N) is 1. The summed E-state index contributed by atoms with van der Waals surface area (Å²) in [4.78, 5) is 0. The molecule has 90 valence electrons. The lowest BCUT2D eigenvalue weighted by Gasteiger charge is -2.28. The van der Waals surface area contributed by atoms with Crippen LogP contribution in [0.2, 0.25) is 0 Å². The molecule has 0 saturated carbocycles. The summed E-state index contributed by atoms with van der Waals surface area (Å²) in [6.45, 7) is 3.34. The van der Waals surface area contributed by atoms with E-state index in [4.69, 9.17) is 5.73 Å². The zero-order chi connectivity index (χ0) is 12.3. The highest BCUT2D eigenvalue weighted by Crippen LogP contribution is 2.29. The van der Waals surface area contributed by atoms with E-state index < -0.39 is 5.54 Å². The molecule has 16 heavy (non-hydrogen) atoms. The fourth-order valence-corrected chi connectivity index (χ4v) is 1.71. The van der Waals surface area contributed by atoms with Crippen molar-refractivity contribution < 1.29 is 10.2 Å². The van der Waals surface area contributed by atoms with Crippen LogP contribution < -0.4 is 11.1 Å². The molecule has 0 spiro atoms. The van der Waals surface area contributed by atoms with Crippen molar-refractivity contribution in [3.05, 3.63) is 22.2 Å². The highest BCUT2D eigenvalue weighted by molar-refractivity contribution is 9.10. The number of hydrogen-bond donors (Lipinski definition) is 4. The van der Waals surface area contributed by atoms with Gasteiger partial charge in [0.15, 0.2) is 0 Å². The molecule has 0 heterocycles. The SMILES string of the molecule is Cc1cc(NC(C)(CO)CO)c(Br)cc1N. The van der Waals surface area contributed by atoms with Crippen LogP contribution in [0.4, 0.5) is 11.4 Å². The van der Waals surface area contributed by atoms with Crippen LogP contribution in [0.25, 0.3) is 0 Å². The minimum atomic E-state index is -0.745. The molecule has 5 heteroatoms. The lowest BCUT2D eigenvalue weighted by molar-refractivity contribution is 0.147. The Balaban J connectivity index is 3.01. The molecule has 0 saturated heterocycles. The van der Waals surface area contributed by atoms with Crippen LogP contribution >= 0.6 is 15.9 Å². The van der Waals surface area contributed by atoms with Crippen molar-refractivity contribution in [1.29, 1.82) is 0 Å². The van der Waals surface area contributed by atoms with E-state index in [0.29, 0.717) is 5.69 Å². The van der Waals surface area contributed by atoms with Crippen LogP contribution in [0, 0.1) is 6.92 Å². The first-order valence-electron chi connectivity index (χ1n) is 4.97. The quantitative estimate of drug-likeness (QED) is 0.633. The monoisotopic (exact) mass is 288 g/mol. The number of rotatable bonds is 4. The summed E-state index contributed by atoms with van der Waals surface area (Å²) in [5, 5.41) is 21.5. The smallest absolute Gasteiger partial charge is 0.0806 e. The number of nitrogen functional groups attached to an aromatic ring is 1. The molecule has 1 aromatic rings. The Morgan fingerprint density at radius 1 is 1.38 bits per heavy atom. The maximum Gasteiger partial charge on any atom is 0.0806 e. The number of benzene rings is 1. The van der Waals surface area contributed by atoms with Gasteiger partial charge >= 0.3 is 0 Å². The van der Waals surface area contributed by atoms with E-state index in [-0.39, 0.29) is 13.2 Å². The lowest BCUT2D eigenvalue weighted by atomic mass is 10.0. The molecule has 0 radical (unpaired) electrons. The number of aliphatic hydroxyl groups excluding tert-OH is 2. The summed E-state index contributed by atoms with van der Waals surface area (Å²) < 4.78 is 0.809. The van der Waals surface area contributed by atoms with Gasteiger partial charge in [-0.1, -0.05) is 0 Å². The average molecular weight is 289 g/mol. The summed E-state index contributed by atoms with van der Waals surface area (Å²) in [6.07, 6.45) is 0. The number of hydrogen-bond acceptors (Lipinski definition) is 4. The molecule has 0 aromatic heterocycles. The highest BCUT2D eigenvalue weighted by Gasteiger charge is 2.22. The van der Waals surface area contributed by atoms with Gasteiger partial charge in [0.25, 0.3) is 0 Å². The zero-order valence-electron chi connectivity index (χ0n) is 9.42. The Kier molecular flexibility index (Phi) is 4.18. The van der Waals surface area contributed by atoms with Crippen LogP contribution in [-0.2, 0) is 0 Å². The van der Waals surface area contributed by atoms with Crippen molar-refractivity contribution in [3.8, 4) is 0 Å². The maximum atomic E-state index is 9.20. The number of halogens is 1. The predicted molar refractivity (Wildman–Crippen MR) is 69.5 cm³/mol. The topological polar surface area (TPSA) is 78.5 Å². The Labute approximate surface area is 104 Å². The van der Waals surface area contributed by atoms with Gasteiger partial charge in [0.05, 0.1) is 18.8 Å². The van der Waals surface area contributed by atoms with E-state index in [2.05, 4.69) is 21.2 Å². The van der Waals surface area contributed by atoms with Gasteiger partial charge in [-0.25, -0.2) is 0 Å². The van der Waals surface area contributed by atoms with Gasteiger partial charge in [-0.15, -0.1) is 0 Å². The normalized spacial score (nSPS) is 11.6. The number of aliphatic hydroxyl groups is 2. The van der Waals surface area contributed by atoms with E-state index in [1.54, 1.807) is 13.0 Å². The van der Waals surface area contributed by atoms with Crippen LogP contribution in [0.3, 0.4) is 0 Å². The third-order valence-electron chi connectivity index (χ3n) is 2.49. The second-order valence-electron chi connectivity index (χ2n) is 4.19. The molecule has 5 N–H and O–H groups in total. The molecule has 0 amide bonds. The molecule has 0 aliphatic heterocycles. The average Bonchev–Trinajstić information content (AvgIpc) is 2.25. The van der Waals surface area contributed by atoms with Crippen molar-refractivity contribution in [2.75, 3.05) is 24.3 Å². The van der Waals surface area contributed by atoms with Gasteiger partial charge in [0.2, 0.25) is 0 Å².